The summed E-state index contributed by atoms with van der Waals surface area (Å²) in [4.78, 5) is 1.06. The van der Waals surface area contributed by atoms with E-state index in [9.17, 15) is 0 Å². The Hall–Kier alpha value is -1.02. The summed E-state index contributed by atoms with van der Waals surface area (Å²) in [5.74, 6) is 0. The van der Waals surface area contributed by atoms with Crippen LogP contribution < -0.4 is 10.5 Å². The van der Waals surface area contributed by atoms with Gasteiger partial charge in [-0.15, -0.1) is 17.1 Å². The second-order valence-corrected chi connectivity index (χ2v) is 3.34. The van der Waals surface area contributed by atoms with Crippen LogP contribution in [-0.2, 0) is 0 Å². The normalized spacial score (nSPS) is 11.8. The minimum absolute atomic E-state index is 0.114. The van der Waals surface area contributed by atoms with Crippen molar-refractivity contribution in [2.24, 2.45) is 5.73 Å². The summed E-state index contributed by atoms with van der Waals surface area (Å²) in [5, 5.41) is 0.873. The van der Waals surface area contributed by atoms with Crippen molar-refractivity contribution in [3.05, 3.63) is 35.4 Å². The molecule has 1 rings (SSSR count). The topological polar surface area (TPSA) is 35.2 Å². The first kappa shape index (κ1) is 9.07. The van der Waals surface area contributed by atoms with Crippen LogP contribution in [0.4, 0.5) is 0 Å². The van der Waals surface area contributed by atoms with Crippen LogP contribution >= 0.6 is 11.3 Å². The summed E-state index contributed by atoms with van der Waals surface area (Å²) in [6, 6.07) is 3.73. The van der Waals surface area contributed by atoms with Gasteiger partial charge in [0.2, 0.25) is 0 Å². The lowest BCUT2D eigenvalue weighted by atomic mass is 10.2. The third kappa shape index (κ3) is 1.98. The zero-order valence-electron chi connectivity index (χ0n) is 6.91. The molecule has 1 unspecified atom stereocenters. The van der Waals surface area contributed by atoms with E-state index in [2.05, 4.69) is 12.3 Å². The summed E-state index contributed by atoms with van der Waals surface area (Å²) in [6.07, 6.45) is 1.73. The first-order chi connectivity index (χ1) is 5.77. The highest BCUT2D eigenvalue weighted by Gasteiger charge is 2.05. The summed E-state index contributed by atoms with van der Waals surface area (Å²) >= 11 is 1.53. The molecule has 12 heavy (non-hydrogen) atoms. The molecule has 0 bridgehead atoms. The molecule has 0 aliphatic heterocycles. The second kappa shape index (κ2) is 4.12. The quantitative estimate of drug-likeness (QED) is 0.725. The van der Waals surface area contributed by atoms with Gasteiger partial charge in [0.25, 0.3) is 0 Å². The highest BCUT2D eigenvalue weighted by atomic mass is 32.1. The molecular weight excluding hydrogens is 170 g/mol. The van der Waals surface area contributed by atoms with Crippen molar-refractivity contribution in [1.82, 2.24) is 0 Å². The molecule has 0 saturated carbocycles. The Balaban J connectivity index is 2.81. The monoisotopic (exact) mass is 181 g/mol. The minimum atomic E-state index is -0.114. The van der Waals surface area contributed by atoms with E-state index in [0.717, 1.165) is 9.94 Å². The van der Waals surface area contributed by atoms with Crippen LogP contribution in [0.1, 0.15) is 10.9 Å². The molecule has 1 aromatic heterocycles. The Morgan fingerprint density at radius 2 is 2.50 bits per heavy atom. The summed E-state index contributed by atoms with van der Waals surface area (Å²) in [6.45, 7) is 3.47. The molecule has 0 saturated heterocycles. The molecule has 3 heteroatoms. The standard InChI is InChI=1S/C9H11NOS/c1-3-4-7(10)8-5-6-9(11-2)12-8/h4-7H,1,10H2,2H3. The zero-order chi connectivity index (χ0) is 8.97. The van der Waals surface area contributed by atoms with Crippen LogP contribution in [0.15, 0.2) is 30.5 Å². The van der Waals surface area contributed by atoms with Crippen LogP contribution in [0.25, 0.3) is 0 Å². The fraction of sp³-hybridized carbons (Fsp3) is 0.222. The highest BCUT2D eigenvalue weighted by molar-refractivity contribution is 7.13. The lowest BCUT2D eigenvalue weighted by Gasteiger charge is -1.99. The lowest BCUT2D eigenvalue weighted by molar-refractivity contribution is 0.427. The molecule has 0 fully saturated rings. The van der Waals surface area contributed by atoms with Gasteiger partial charge in [-0.1, -0.05) is 6.58 Å². The molecule has 0 radical (unpaired) electrons. The van der Waals surface area contributed by atoms with Crippen molar-refractivity contribution >= 4 is 11.3 Å². The molecule has 0 aliphatic carbocycles. The molecule has 2 nitrogen and oxygen atoms in total. The molecule has 0 amide bonds. The molecule has 1 aromatic rings. The third-order valence-corrected chi connectivity index (χ3v) is 2.58. The molecule has 1 heterocycles. The van der Waals surface area contributed by atoms with Gasteiger partial charge in [-0.2, -0.15) is 0 Å². The fourth-order valence-electron chi connectivity index (χ4n) is 0.832. The van der Waals surface area contributed by atoms with Gasteiger partial charge < -0.3 is 10.5 Å². The minimum Gasteiger partial charge on any atom is -0.487 e. The first-order valence-electron chi connectivity index (χ1n) is 3.53. The van der Waals surface area contributed by atoms with E-state index in [4.69, 9.17) is 10.5 Å². The predicted molar refractivity (Wildman–Crippen MR) is 51.5 cm³/mol. The number of hydrogen-bond acceptors (Lipinski definition) is 3. The molecule has 2 N–H and O–H groups in total. The SMILES string of the molecule is C=C=CC(N)c1ccc(OC)s1. The second-order valence-electron chi connectivity index (χ2n) is 2.26. The van der Waals surface area contributed by atoms with Gasteiger partial charge >= 0.3 is 0 Å². The van der Waals surface area contributed by atoms with Gasteiger partial charge in [0, 0.05) is 4.88 Å². The molecular formula is C9H11NOS. The van der Waals surface area contributed by atoms with E-state index >= 15 is 0 Å². The van der Waals surface area contributed by atoms with Gasteiger partial charge in [0.1, 0.15) is 0 Å². The number of nitrogens with two attached hydrogens (primary N) is 1. The number of thiophene rings is 1. The largest absolute Gasteiger partial charge is 0.487 e. The maximum absolute atomic E-state index is 5.77. The lowest BCUT2D eigenvalue weighted by Crippen LogP contribution is -2.03. The summed E-state index contributed by atoms with van der Waals surface area (Å²) in [7, 11) is 1.64. The number of rotatable bonds is 3. The first-order valence-corrected chi connectivity index (χ1v) is 4.35. The van der Waals surface area contributed by atoms with E-state index in [1.165, 1.54) is 11.3 Å². The Bertz CT molecular complexity index is 299. The number of methoxy groups -OCH3 is 1. The Kier molecular flexibility index (Phi) is 3.11. The third-order valence-electron chi connectivity index (χ3n) is 1.43. The molecule has 1 atom stereocenters. The smallest absolute Gasteiger partial charge is 0.173 e. The van der Waals surface area contributed by atoms with Crippen LogP contribution in [0.2, 0.25) is 0 Å². The Morgan fingerprint density at radius 1 is 1.75 bits per heavy atom. The van der Waals surface area contributed by atoms with Crippen LogP contribution in [-0.4, -0.2) is 7.11 Å². The van der Waals surface area contributed by atoms with E-state index in [0.29, 0.717) is 0 Å². The van der Waals surface area contributed by atoms with Crippen LogP contribution in [0, 0.1) is 0 Å². The average molecular weight is 181 g/mol. The van der Waals surface area contributed by atoms with E-state index in [1.807, 2.05) is 12.1 Å². The van der Waals surface area contributed by atoms with Gasteiger partial charge in [-0.05, 0) is 18.2 Å². The van der Waals surface area contributed by atoms with Crippen molar-refractivity contribution < 1.29 is 4.74 Å². The van der Waals surface area contributed by atoms with Crippen molar-refractivity contribution in [3.63, 3.8) is 0 Å². The van der Waals surface area contributed by atoms with Crippen molar-refractivity contribution in [2.45, 2.75) is 6.04 Å². The van der Waals surface area contributed by atoms with E-state index in [-0.39, 0.29) is 6.04 Å². The summed E-state index contributed by atoms with van der Waals surface area (Å²) in [5.41, 5.74) is 8.43. The fourth-order valence-corrected chi connectivity index (χ4v) is 1.62. The average Bonchev–Trinajstić information content (AvgIpc) is 2.52. The number of hydrogen-bond donors (Lipinski definition) is 1. The van der Waals surface area contributed by atoms with Crippen molar-refractivity contribution in [2.75, 3.05) is 7.11 Å². The van der Waals surface area contributed by atoms with Gasteiger partial charge in [0.05, 0.1) is 13.2 Å². The maximum atomic E-state index is 5.77. The van der Waals surface area contributed by atoms with Crippen LogP contribution in [0.3, 0.4) is 0 Å². The van der Waals surface area contributed by atoms with Gasteiger partial charge in [0.15, 0.2) is 5.06 Å². The number of ether oxygens (including phenoxy) is 1. The molecule has 0 aromatic carbocycles. The van der Waals surface area contributed by atoms with Crippen molar-refractivity contribution in [1.29, 1.82) is 0 Å². The molecule has 64 valence electrons. The van der Waals surface area contributed by atoms with Gasteiger partial charge in [-0.3, -0.25) is 0 Å². The van der Waals surface area contributed by atoms with Gasteiger partial charge in [-0.25, -0.2) is 0 Å². The molecule has 0 spiro atoms. The highest BCUT2D eigenvalue weighted by Crippen LogP contribution is 2.27. The van der Waals surface area contributed by atoms with Crippen LogP contribution in [0.5, 0.6) is 5.06 Å². The Labute approximate surface area is 76.0 Å². The maximum Gasteiger partial charge on any atom is 0.173 e. The zero-order valence-corrected chi connectivity index (χ0v) is 7.73. The van der Waals surface area contributed by atoms with Crippen molar-refractivity contribution in [3.8, 4) is 5.06 Å². The Morgan fingerprint density at radius 3 is 3.00 bits per heavy atom. The van der Waals surface area contributed by atoms with E-state index < -0.39 is 0 Å². The van der Waals surface area contributed by atoms with E-state index in [1.54, 1.807) is 13.2 Å². The predicted octanol–water partition coefficient (Wildman–Crippen LogP) is 2.10. The molecule has 0 aliphatic rings. The summed E-state index contributed by atoms with van der Waals surface area (Å²) < 4.78 is 5.04.